The molecule has 10 atom stereocenters. The molecule has 0 fully saturated rings. The minimum absolute atomic E-state index is 0.357. The Morgan fingerprint density at radius 2 is 0.783 bits per heavy atom. The smallest absolute Gasteiger partial charge is 0.305 e. The molecule has 0 aliphatic carbocycles. The van der Waals surface area contributed by atoms with Crippen molar-refractivity contribution in [2.24, 2.45) is 17.2 Å². The van der Waals surface area contributed by atoms with E-state index in [4.69, 9.17) is 17.2 Å². The van der Waals surface area contributed by atoms with Gasteiger partial charge in [0.25, 0.3) is 0 Å². The Morgan fingerprint density at radius 3 is 1.16 bits per heavy atom. The number of nitrogens with one attached hydrogen (secondary N) is 9. The Morgan fingerprint density at radius 1 is 0.420 bits per heavy atom. The highest BCUT2D eigenvalue weighted by atomic mass is 16.4. The van der Waals surface area contributed by atoms with Crippen molar-refractivity contribution in [3.8, 4) is 0 Å². The predicted octanol–water partition coefficient (Wildman–Crippen LogP) is -9.78. The summed E-state index contributed by atoms with van der Waals surface area (Å²) in [5, 5.41) is 66.3. The molecule has 32 heteroatoms. The second-order valence-electron chi connectivity index (χ2n) is 15.1. The van der Waals surface area contributed by atoms with Crippen molar-refractivity contribution < 1.29 is 97.5 Å². The Kier molecular flexibility index (Phi) is 26.1. The van der Waals surface area contributed by atoms with Gasteiger partial charge in [-0.25, -0.2) is 0 Å². The number of carbonyl (C=O) groups excluding carboxylic acids is 12. The van der Waals surface area contributed by atoms with Crippen molar-refractivity contribution >= 4 is 88.8 Å². The second-order valence-corrected chi connectivity index (χ2v) is 15.1. The molecule has 0 unspecified atom stereocenters. The van der Waals surface area contributed by atoms with Crippen LogP contribution in [0.15, 0.2) is 0 Å². The number of rotatable bonds is 32. The normalized spacial score (nSPS) is 15.0. The van der Waals surface area contributed by atoms with Gasteiger partial charge in [0.15, 0.2) is 0 Å². The van der Waals surface area contributed by atoms with Gasteiger partial charge in [0.1, 0.15) is 54.4 Å². The van der Waals surface area contributed by atoms with Crippen molar-refractivity contribution in [1.82, 2.24) is 47.9 Å². The molecule has 12 amide bonds. The molecule has 386 valence electrons. The van der Waals surface area contributed by atoms with Crippen LogP contribution >= 0.6 is 0 Å². The number of carboxylic acids is 3. The van der Waals surface area contributed by atoms with Gasteiger partial charge >= 0.3 is 17.9 Å². The molecule has 0 radical (unpaired) electrons. The fourth-order valence-corrected chi connectivity index (χ4v) is 5.54. The van der Waals surface area contributed by atoms with Gasteiger partial charge in [-0.3, -0.25) is 71.9 Å². The molecule has 20 N–H and O–H groups in total. The highest BCUT2D eigenvalue weighted by molar-refractivity contribution is 6.00. The van der Waals surface area contributed by atoms with Gasteiger partial charge in [0.2, 0.25) is 70.9 Å². The maximum absolute atomic E-state index is 13.5. The van der Waals surface area contributed by atoms with E-state index >= 15 is 0 Å². The molecule has 0 saturated carbocycles. The number of amides is 12. The molecule has 0 spiro atoms. The van der Waals surface area contributed by atoms with E-state index in [0.717, 1.165) is 27.7 Å². The summed E-state index contributed by atoms with van der Waals surface area (Å²) in [5.74, 6) is -19.3. The van der Waals surface area contributed by atoms with Crippen molar-refractivity contribution in [2.75, 3.05) is 6.61 Å². The fraction of sp³-hybridized carbons (Fsp3) is 0.595. The first kappa shape index (κ1) is 61.0. The molecular weight excluding hydrogens is 932 g/mol. The van der Waals surface area contributed by atoms with Crippen LogP contribution < -0.4 is 65.1 Å². The third kappa shape index (κ3) is 23.8. The first-order valence-corrected chi connectivity index (χ1v) is 20.4. The molecule has 0 aliphatic heterocycles. The minimum atomic E-state index is -2.19. The van der Waals surface area contributed by atoms with Crippen LogP contribution in [0.2, 0.25) is 0 Å². The van der Waals surface area contributed by atoms with Crippen molar-refractivity contribution in [1.29, 1.82) is 0 Å². The molecule has 0 bridgehead atoms. The maximum Gasteiger partial charge on any atom is 0.305 e. The fourth-order valence-electron chi connectivity index (χ4n) is 5.54. The van der Waals surface area contributed by atoms with E-state index in [9.17, 15) is 97.5 Å². The average molecular weight is 991 g/mol. The molecule has 0 aromatic rings. The van der Waals surface area contributed by atoms with Gasteiger partial charge in [-0.05, 0) is 33.6 Å². The zero-order chi connectivity index (χ0) is 53.5. The summed E-state index contributed by atoms with van der Waals surface area (Å²) in [4.78, 5) is 186. The van der Waals surface area contributed by atoms with Gasteiger partial charge in [0, 0.05) is 19.8 Å². The van der Waals surface area contributed by atoms with Gasteiger partial charge < -0.3 is 90.6 Å². The molecule has 0 aromatic carbocycles. The van der Waals surface area contributed by atoms with Crippen LogP contribution in [0.3, 0.4) is 0 Å². The number of carboxylic acid groups (broad SMARTS) is 3. The van der Waals surface area contributed by atoms with Crippen LogP contribution in [0.1, 0.15) is 72.6 Å². The number of aliphatic hydroxyl groups is 2. The molecule has 32 nitrogen and oxygen atoms in total. The number of hydrogen-bond acceptors (Lipinski definition) is 17. The minimum Gasteiger partial charge on any atom is -0.481 e. The molecule has 0 rings (SSSR count). The lowest BCUT2D eigenvalue weighted by atomic mass is 10.1. The molecule has 0 heterocycles. The third-order valence-corrected chi connectivity index (χ3v) is 9.12. The van der Waals surface area contributed by atoms with Crippen LogP contribution in [0.4, 0.5) is 0 Å². The van der Waals surface area contributed by atoms with E-state index in [2.05, 4.69) is 26.6 Å². The van der Waals surface area contributed by atoms with Gasteiger partial charge in [0.05, 0.1) is 32.0 Å². The number of hydrogen-bond donors (Lipinski definition) is 17. The Balaban J connectivity index is 6.37. The molecular formula is C37H58N12O20. The zero-order valence-corrected chi connectivity index (χ0v) is 37.5. The summed E-state index contributed by atoms with van der Waals surface area (Å²) in [6.45, 7) is 3.21. The van der Waals surface area contributed by atoms with Crippen LogP contribution in [-0.2, 0) is 71.9 Å². The van der Waals surface area contributed by atoms with Gasteiger partial charge in [-0.2, -0.15) is 0 Å². The topological polar surface area (TPSA) is 544 Å². The second kappa shape index (κ2) is 29.6. The van der Waals surface area contributed by atoms with E-state index in [-0.39, 0.29) is 6.42 Å². The summed E-state index contributed by atoms with van der Waals surface area (Å²) in [6.07, 6.45) is -7.57. The number of carbonyl (C=O) groups is 15. The van der Waals surface area contributed by atoms with Crippen LogP contribution in [0.5, 0.6) is 0 Å². The van der Waals surface area contributed by atoms with Gasteiger partial charge in [-0.15, -0.1) is 0 Å². The lowest BCUT2D eigenvalue weighted by Gasteiger charge is -2.27. The summed E-state index contributed by atoms with van der Waals surface area (Å²) in [7, 11) is 0. The predicted molar refractivity (Wildman–Crippen MR) is 226 cm³/mol. The van der Waals surface area contributed by atoms with E-state index < -0.39 is 194 Å². The lowest BCUT2D eigenvalue weighted by Crippen LogP contribution is -2.62. The molecule has 0 aromatic heterocycles. The highest BCUT2D eigenvalue weighted by Gasteiger charge is 2.36. The SMILES string of the molecule is CC(=O)N[C@@H](CCC(N)=O)C(=O)N[C@@H](CC(=O)O)C(=O)N[C@@H](C)C(=O)N[C@@H](CCC(=O)O)C(=O)N[C@@H](CC(=O)O)C(=O)N[C@@H](CC(N)=O)C(=O)N[C@H](C(=O)N[C@@H](C)C(=O)N[C@@H](CO)C(N)=O)[C@@H](C)O. The monoisotopic (exact) mass is 990 g/mol. The van der Waals surface area contributed by atoms with Crippen molar-refractivity contribution in [3.63, 3.8) is 0 Å². The number of nitrogens with two attached hydrogens (primary N) is 3. The summed E-state index contributed by atoms with van der Waals surface area (Å²) in [6, 6.07) is -16.3. The first-order chi connectivity index (χ1) is 31.9. The summed E-state index contributed by atoms with van der Waals surface area (Å²) >= 11 is 0. The standard InChI is InChI=1S/C37H58N12O20/c1-13(41-34(66)20(10-26(57)58)46-32(64)17(43-16(4)52)5-7-23(38)53)30(62)44-18(6-8-25(55)56)33(65)47-21(11-27(59)60)35(67)45-19(9-24(39)54)36(68)49-28(15(3)51)37(69)42-14(2)31(63)48-22(12-50)29(40)61/h13-15,17-22,28,50-51H,5-12H2,1-4H3,(H2,38,53)(H2,39,54)(H2,40,61)(H,41,66)(H,42,69)(H,43,52)(H,44,62)(H,45,67)(H,46,64)(H,47,65)(H,48,63)(H,49,68)(H,55,56)(H,57,58)(H,59,60)/t13-,14-,15+,17-,18-,19-,20-,21-,22-,28-/m0/s1. The number of primary amides is 3. The van der Waals surface area contributed by atoms with Crippen molar-refractivity contribution in [2.45, 2.75) is 133 Å². The third-order valence-electron chi connectivity index (χ3n) is 9.12. The molecule has 0 aliphatic rings. The van der Waals surface area contributed by atoms with Crippen LogP contribution in [0.25, 0.3) is 0 Å². The van der Waals surface area contributed by atoms with E-state index in [1.807, 2.05) is 21.3 Å². The van der Waals surface area contributed by atoms with Gasteiger partial charge in [-0.1, -0.05) is 0 Å². The lowest BCUT2D eigenvalue weighted by molar-refractivity contribution is -0.142. The Hall–Kier alpha value is -8.03. The summed E-state index contributed by atoms with van der Waals surface area (Å²) in [5.41, 5.74) is 15.4. The van der Waals surface area contributed by atoms with E-state index in [0.29, 0.717) is 0 Å². The maximum atomic E-state index is 13.5. The molecule has 0 saturated heterocycles. The highest BCUT2D eigenvalue weighted by Crippen LogP contribution is 2.07. The number of aliphatic carboxylic acids is 3. The van der Waals surface area contributed by atoms with E-state index in [1.54, 1.807) is 0 Å². The zero-order valence-electron chi connectivity index (χ0n) is 37.5. The summed E-state index contributed by atoms with van der Waals surface area (Å²) < 4.78 is 0. The van der Waals surface area contributed by atoms with Crippen molar-refractivity contribution in [3.05, 3.63) is 0 Å². The average Bonchev–Trinajstić information content (AvgIpc) is 3.22. The number of aliphatic hydroxyl groups excluding tert-OH is 2. The largest absolute Gasteiger partial charge is 0.481 e. The Bertz CT molecular complexity index is 1980. The molecule has 69 heavy (non-hydrogen) atoms. The first-order valence-electron chi connectivity index (χ1n) is 20.4. The van der Waals surface area contributed by atoms with E-state index in [1.165, 1.54) is 0 Å². The van der Waals surface area contributed by atoms with Crippen LogP contribution in [-0.4, -0.2) is 181 Å². The Labute approximate surface area is 390 Å². The quantitative estimate of drug-likeness (QED) is 0.0298. The van der Waals surface area contributed by atoms with Crippen LogP contribution in [0, 0.1) is 0 Å².